The molecule has 0 aromatic heterocycles. The van der Waals surface area contributed by atoms with Gasteiger partial charge >= 0.3 is 0 Å². The number of nitrogens with one attached hydrogen (secondary N) is 1. The molecule has 0 aliphatic carbocycles. The van der Waals surface area contributed by atoms with E-state index in [1.165, 1.54) is 0 Å². The molecule has 1 unspecified atom stereocenters. The first-order chi connectivity index (χ1) is 6.45. The standard InChI is InChI=1S/C10H13NO2/c1-2-4-9(5-3-1)11-6-10-7-12-8-13-10/h1-5,10-11H,6-8H2. The zero-order valence-corrected chi connectivity index (χ0v) is 7.40. The second-order valence-electron chi connectivity index (χ2n) is 3.02. The van der Waals surface area contributed by atoms with Crippen LogP contribution < -0.4 is 5.32 Å². The lowest BCUT2D eigenvalue weighted by Gasteiger charge is -2.09. The summed E-state index contributed by atoms with van der Waals surface area (Å²) in [6, 6.07) is 10.1. The van der Waals surface area contributed by atoms with Crippen LogP contribution in [-0.2, 0) is 9.47 Å². The molecule has 3 nitrogen and oxygen atoms in total. The summed E-state index contributed by atoms with van der Waals surface area (Å²) in [5.41, 5.74) is 1.12. The summed E-state index contributed by atoms with van der Waals surface area (Å²) in [7, 11) is 0. The highest BCUT2D eigenvalue weighted by molar-refractivity contribution is 5.42. The van der Waals surface area contributed by atoms with E-state index in [1.807, 2.05) is 30.3 Å². The summed E-state index contributed by atoms with van der Waals surface area (Å²) in [5, 5.41) is 3.28. The maximum atomic E-state index is 5.29. The van der Waals surface area contributed by atoms with Crippen molar-refractivity contribution in [3.05, 3.63) is 30.3 Å². The molecule has 3 heteroatoms. The predicted molar refractivity (Wildman–Crippen MR) is 50.6 cm³/mol. The van der Waals surface area contributed by atoms with Crippen LogP contribution in [0.3, 0.4) is 0 Å². The van der Waals surface area contributed by atoms with Crippen LogP contribution in [0.15, 0.2) is 30.3 Å². The summed E-state index contributed by atoms with van der Waals surface area (Å²) in [6.07, 6.45) is 0.195. The van der Waals surface area contributed by atoms with Gasteiger partial charge in [-0.15, -0.1) is 0 Å². The van der Waals surface area contributed by atoms with Gasteiger partial charge in [-0.05, 0) is 12.1 Å². The average molecular weight is 179 g/mol. The molecule has 13 heavy (non-hydrogen) atoms. The van der Waals surface area contributed by atoms with Gasteiger partial charge in [0.1, 0.15) is 12.9 Å². The number of benzene rings is 1. The van der Waals surface area contributed by atoms with Crippen LogP contribution in [0.1, 0.15) is 0 Å². The highest BCUT2D eigenvalue weighted by atomic mass is 16.7. The van der Waals surface area contributed by atoms with E-state index in [9.17, 15) is 0 Å². The van der Waals surface area contributed by atoms with Gasteiger partial charge in [0.25, 0.3) is 0 Å². The second-order valence-corrected chi connectivity index (χ2v) is 3.02. The van der Waals surface area contributed by atoms with Gasteiger partial charge in [0, 0.05) is 12.2 Å². The fraction of sp³-hybridized carbons (Fsp3) is 0.400. The Hall–Kier alpha value is -1.06. The van der Waals surface area contributed by atoms with Crippen LogP contribution in [0.4, 0.5) is 5.69 Å². The molecule has 1 N–H and O–H groups in total. The number of hydrogen-bond acceptors (Lipinski definition) is 3. The van der Waals surface area contributed by atoms with Crippen molar-refractivity contribution in [2.75, 3.05) is 25.3 Å². The van der Waals surface area contributed by atoms with Crippen molar-refractivity contribution in [2.24, 2.45) is 0 Å². The maximum absolute atomic E-state index is 5.29. The second kappa shape index (κ2) is 4.25. The number of para-hydroxylation sites is 1. The van der Waals surface area contributed by atoms with Crippen molar-refractivity contribution in [2.45, 2.75) is 6.10 Å². The summed E-state index contributed by atoms with van der Waals surface area (Å²) < 4.78 is 10.4. The fourth-order valence-electron chi connectivity index (χ4n) is 1.28. The first kappa shape index (κ1) is 8.53. The largest absolute Gasteiger partial charge is 0.382 e. The van der Waals surface area contributed by atoms with E-state index in [4.69, 9.17) is 9.47 Å². The third-order valence-electron chi connectivity index (χ3n) is 2.00. The quantitative estimate of drug-likeness (QED) is 0.762. The highest BCUT2D eigenvalue weighted by Gasteiger charge is 2.14. The van der Waals surface area contributed by atoms with Crippen molar-refractivity contribution in [3.63, 3.8) is 0 Å². The van der Waals surface area contributed by atoms with Gasteiger partial charge in [-0.1, -0.05) is 18.2 Å². The molecule has 1 aromatic carbocycles. The van der Waals surface area contributed by atoms with Crippen LogP contribution in [0.5, 0.6) is 0 Å². The maximum Gasteiger partial charge on any atom is 0.147 e. The van der Waals surface area contributed by atoms with E-state index < -0.39 is 0 Å². The van der Waals surface area contributed by atoms with Crippen LogP contribution in [0, 0.1) is 0 Å². The van der Waals surface area contributed by atoms with E-state index in [0.717, 1.165) is 12.2 Å². The summed E-state index contributed by atoms with van der Waals surface area (Å²) in [6.45, 7) is 1.94. The molecule has 1 fully saturated rings. The minimum Gasteiger partial charge on any atom is -0.382 e. The zero-order chi connectivity index (χ0) is 8.93. The first-order valence-electron chi connectivity index (χ1n) is 4.43. The Morgan fingerprint density at radius 3 is 2.85 bits per heavy atom. The fourth-order valence-corrected chi connectivity index (χ4v) is 1.28. The van der Waals surface area contributed by atoms with Gasteiger partial charge in [0.15, 0.2) is 0 Å². The van der Waals surface area contributed by atoms with Crippen molar-refractivity contribution in [1.82, 2.24) is 0 Å². The Morgan fingerprint density at radius 2 is 2.15 bits per heavy atom. The summed E-state index contributed by atoms with van der Waals surface area (Å²) in [5.74, 6) is 0. The minimum absolute atomic E-state index is 0.195. The molecule has 1 heterocycles. The Balaban J connectivity index is 1.79. The minimum atomic E-state index is 0.195. The van der Waals surface area contributed by atoms with Crippen molar-refractivity contribution >= 4 is 5.69 Å². The van der Waals surface area contributed by atoms with Crippen molar-refractivity contribution < 1.29 is 9.47 Å². The lowest BCUT2D eigenvalue weighted by Crippen LogP contribution is -2.21. The van der Waals surface area contributed by atoms with E-state index in [-0.39, 0.29) is 6.10 Å². The van der Waals surface area contributed by atoms with Gasteiger partial charge in [0.05, 0.1) is 6.61 Å². The first-order valence-corrected chi connectivity index (χ1v) is 4.43. The van der Waals surface area contributed by atoms with E-state index >= 15 is 0 Å². The molecular weight excluding hydrogens is 166 g/mol. The van der Waals surface area contributed by atoms with Crippen molar-refractivity contribution in [3.8, 4) is 0 Å². The van der Waals surface area contributed by atoms with Gasteiger partial charge in [-0.25, -0.2) is 0 Å². The molecule has 0 saturated carbocycles. The Bertz CT molecular complexity index is 244. The van der Waals surface area contributed by atoms with E-state index in [0.29, 0.717) is 13.4 Å². The van der Waals surface area contributed by atoms with Crippen LogP contribution in [-0.4, -0.2) is 26.0 Å². The normalized spacial score (nSPS) is 21.7. The molecule has 2 rings (SSSR count). The highest BCUT2D eigenvalue weighted by Crippen LogP contribution is 2.07. The average Bonchev–Trinajstić information content (AvgIpc) is 2.69. The Kier molecular flexibility index (Phi) is 2.79. The van der Waals surface area contributed by atoms with Gasteiger partial charge in [-0.2, -0.15) is 0 Å². The summed E-state index contributed by atoms with van der Waals surface area (Å²) in [4.78, 5) is 0. The Morgan fingerprint density at radius 1 is 1.31 bits per heavy atom. The molecule has 1 aliphatic heterocycles. The molecule has 0 amide bonds. The van der Waals surface area contributed by atoms with E-state index in [2.05, 4.69) is 5.32 Å². The molecule has 70 valence electrons. The SMILES string of the molecule is c1ccc(NCC2COCO2)cc1. The third kappa shape index (κ3) is 2.44. The number of rotatable bonds is 3. The number of ether oxygens (including phenoxy) is 2. The van der Waals surface area contributed by atoms with Gasteiger partial charge in [-0.3, -0.25) is 0 Å². The Labute approximate surface area is 77.7 Å². The number of hydrogen-bond donors (Lipinski definition) is 1. The molecule has 0 spiro atoms. The third-order valence-corrected chi connectivity index (χ3v) is 2.00. The van der Waals surface area contributed by atoms with Crippen LogP contribution in [0.25, 0.3) is 0 Å². The molecule has 0 bridgehead atoms. The molecule has 1 atom stereocenters. The number of anilines is 1. The lowest BCUT2D eigenvalue weighted by atomic mass is 10.3. The van der Waals surface area contributed by atoms with Gasteiger partial charge in [0.2, 0.25) is 0 Å². The molecule has 0 radical (unpaired) electrons. The van der Waals surface area contributed by atoms with Crippen LogP contribution in [0.2, 0.25) is 0 Å². The smallest absolute Gasteiger partial charge is 0.147 e. The lowest BCUT2D eigenvalue weighted by molar-refractivity contribution is 0.0500. The molecule has 1 aromatic rings. The van der Waals surface area contributed by atoms with E-state index in [1.54, 1.807) is 0 Å². The topological polar surface area (TPSA) is 30.5 Å². The summed E-state index contributed by atoms with van der Waals surface area (Å²) >= 11 is 0. The molecule has 1 aliphatic rings. The van der Waals surface area contributed by atoms with Crippen molar-refractivity contribution in [1.29, 1.82) is 0 Å². The monoisotopic (exact) mass is 179 g/mol. The predicted octanol–water partition coefficient (Wildman–Crippen LogP) is 1.47. The van der Waals surface area contributed by atoms with Crippen LogP contribution >= 0.6 is 0 Å². The zero-order valence-electron chi connectivity index (χ0n) is 7.40. The van der Waals surface area contributed by atoms with Gasteiger partial charge < -0.3 is 14.8 Å². The molecule has 1 saturated heterocycles. The molecular formula is C10H13NO2.